The molecule has 7 aliphatic rings. The lowest BCUT2D eigenvalue weighted by Crippen LogP contribution is -2.68. The Morgan fingerprint density at radius 1 is 0.218 bits per heavy atom. The predicted molar refractivity (Wildman–Crippen MR) is 232 cm³/mol. The van der Waals surface area contributed by atoms with E-state index >= 15 is 0 Å². The molecule has 456 valence electrons. The van der Waals surface area contributed by atoms with E-state index in [0.717, 1.165) is 0 Å². The van der Waals surface area contributed by atoms with Crippen molar-refractivity contribution in [3.63, 3.8) is 0 Å². The molecule has 23 N–H and O–H groups in total. The van der Waals surface area contributed by atoms with Gasteiger partial charge in [0.05, 0.1) is 46.2 Å². The summed E-state index contributed by atoms with van der Waals surface area (Å²) in [4.78, 5) is 0. The minimum atomic E-state index is -2.28. The van der Waals surface area contributed by atoms with Crippen LogP contribution in [-0.2, 0) is 61.6 Å². The highest BCUT2D eigenvalue weighted by atomic mass is 16.8. The summed E-state index contributed by atoms with van der Waals surface area (Å²) in [7, 11) is 0. The summed E-state index contributed by atoms with van der Waals surface area (Å²) in [5.74, 6) is 0. The predicted octanol–water partition coefficient (Wildman–Crippen LogP) is -16.3. The molecular weight excluding hydrogens is 1080 g/mol. The van der Waals surface area contributed by atoms with Crippen LogP contribution in [0.5, 0.6) is 0 Å². The summed E-state index contributed by atoms with van der Waals surface area (Å²) < 4.78 is 72.6. The van der Waals surface area contributed by atoms with Gasteiger partial charge in [-0.3, -0.25) is 0 Å². The van der Waals surface area contributed by atoms with Gasteiger partial charge in [-0.2, -0.15) is 0 Å². The van der Waals surface area contributed by atoms with Crippen LogP contribution in [0.1, 0.15) is 0 Å². The minimum Gasteiger partial charge on any atom is -0.394 e. The first-order valence-corrected chi connectivity index (χ1v) is 24.7. The normalized spacial score (nSPS) is 53.5. The van der Waals surface area contributed by atoms with E-state index in [1.165, 1.54) is 0 Å². The van der Waals surface area contributed by atoms with Crippen molar-refractivity contribution in [2.24, 2.45) is 0 Å². The van der Waals surface area contributed by atoms with Crippen LogP contribution in [0, 0.1) is 0 Å². The molecule has 7 rings (SSSR count). The van der Waals surface area contributed by atoms with E-state index in [1.54, 1.807) is 0 Å². The van der Waals surface area contributed by atoms with Gasteiger partial charge in [0.1, 0.15) is 171 Å². The first-order valence-electron chi connectivity index (χ1n) is 24.7. The van der Waals surface area contributed by atoms with E-state index < -0.39 is 261 Å². The van der Waals surface area contributed by atoms with E-state index in [1.807, 2.05) is 0 Å². The standard InChI is InChI=1S/C42H72O36/c43-1-8-15(49)17(51)25(59)38(68-8)75-33-12(5-47)71-40(28(62)21(33)55)77-32-11(4-46)70-37(27(61)20(32)54)66-7-14-35(23(57)30(64)42(73-14)74-31-10(3-45)67-36(65)24(58)19(31)53)78-41-29(63)22(56)34(13(6-48)72-41)76-39-26(60)18(52)16(50)9(2-44)69-39/h8-65H,1-7H2/t8?,9?,10?,11?,12?,13?,14?,15-,16-,17+,18+,19-,20-,21-,22-,23-,24?,25?,26?,27?,28?,29?,30?,31-,32-,33-,34-,35-,36-,37+,38-,39-,40-,41-,42-/m1/s1. The molecule has 0 saturated carbocycles. The average molecular weight is 1150 g/mol. The van der Waals surface area contributed by atoms with Gasteiger partial charge in [0, 0.05) is 0 Å². The summed E-state index contributed by atoms with van der Waals surface area (Å²) in [5, 5.41) is 243. The maximum atomic E-state index is 11.6. The summed E-state index contributed by atoms with van der Waals surface area (Å²) in [5.41, 5.74) is 0. The number of rotatable bonds is 19. The topological polar surface area (TPSA) is 585 Å². The Balaban J connectivity index is 1.06. The van der Waals surface area contributed by atoms with Crippen molar-refractivity contribution >= 4 is 0 Å². The number of aliphatic hydroxyl groups is 23. The molecule has 0 aliphatic carbocycles. The van der Waals surface area contributed by atoms with Crippen LogP contribution in [0.2, 0.25) is 0 Å². The third-order valence-corrected chi connectivity index (χ3v) is 14.5. The van der Waals surface area contributed by atoms with Gasteiger partial charge in [-0.25, -0.2) is 0 Å². The van der Waals surface area contributed by atoms with Gasteiger partial charge < -0.3 is 179 Å². The Morgan fingerprint density at radius 2 is 0.449 bits per heavy atom. The van der Waals surface area contributed by atoms with Crippen LogP contribution >= 0.6 is 0 Å². The highest BCUT2D eigenvalue weighted by Gasteiger charge is 2.58. The van der Waals surface area contributed by atoms with Gasteiger partial charge in [0.2, 0.25) is 0 Å². The quantitative estimate of drug-likeness (QED) is 0.0571. The van der Waals surface area contributed by atoms with Crippen LogP contribution < -0.4 is 0 Å². The molecular formula is C42H72O36. The van der Waals surface area contributed by atoms with Crippen molar-refractivity contribution in [1.82, 2.24) is 0 Å². The molecule has 78 heavy (non-hydrogen) atoms. The van der Waals surface area contributed by atoms with Gasteiger partial charge >= 0.3 is 0 Å². The molecule has 0 amide bonds. The molecule has 7 heterocycles. The SMILES string of the molecule is OCC1O[C@H](O[C@@H]2C(CO)O[C@H](O[C@@H]3C(CO[C@H]4OC(CO)[C@@H](O[C@H]5OC(CO)[C@@H](O[C@H]6OC(CO)[C@@H](O)[C@H](O)C6O)[C@H](O)C5O)[C@H](O)C4O)O[C@H](O[C@@H]4C(CO)O[C@@H](O)C(O)[C@H]4O)C(O)[C@H]3O)C(O)[C@H]2O)C(O)[C@@H](O)[C@@H]1O. The van der Waals surface area contributed by atoms with Crippen LogP contribution in [0.3, 0.4) is 0 Å². The van der Waals surface area contributed by atoms with E-state index in [-0.39, 0.29) is 0 Å². The molecule has 0 bridgehead atoms. The van der Waals surface area contributed by atoms with E-state index in [9.17, 15) is 117 Å². The van der Waals surface area contributed by atoms with Crippen LogP contribution in [0.4, 0.5) is 0 Å². The third-order valence-electron chi connectivity index (χ3n) is 14.5. The Labute approximate surface area is 439 Å². The van der Waals surface area contributed by atoms with Crippen molar-refractivity contribution in [3.8, 4) is 0 Å². The molecule has 0 aromatic carbocycles. The van der Waals surface area contributed by atoms with Gasteiger partial charge in [-0.15, -0.1) is 0 Å². The van der Waals surface area contributed by atoms with Crippen LogP contribution in [0.15, 0.2) is 0 Å². The molecule has 7 aliphatic heterocycles. The number of hydrogen-bond acceptors (Lipinski definition) is 36. The number of hydrogen-bond donors (Lipinski definition) is 23. The first-order chi connectivity index (χ1) is 37.0. The zero-order valence-corrected chi connectivity index (χ0v) is 40.8. The summed E-state index contributed by atoms with van der Waals surface area (Å²) in [6, 6.07) is 0. The fourth-order valence-electron chi connectivity index (χ4n) is 9.90. The molecule has 7 fully saturated rings. The molecule has 14 unspecified atom stereocenters. The highest BCUT2D eigenvalue weighted by molar-refractivity contribution is 5.00. The maximum absolute atomic E-state index is 11.6. The summed E-state index contributed by atoms with van der Waals surface area (Å²) in [6.07, 6.45) is -68.4. The second-order valence-electron chi connectivity index (χ2n) is 19.6. The fraction of sp³-hybridized carbons (Fsp3) is 1.00. The van der Waals surface area contributed by atoms with Crippen molar-refractivity contribution < 1.29 is 179 Å². The third kappa shape index (κ3) is 13.1. The highest BCUT2D eigenvalue weighted by Crippen LogP contribution is 2.37. The van der Waals surface area contributed by atoms with Crippen molar-refractivity contribution in [3.05, 3.63) is 0 Å². The summed E-state index contributed by atoms with van der Waals surface area (Å²) in [6.45, 7) is -6.83. The van der Waals surface area contributed by atoms with Crippen molar-refractivity contribution in [2.75, 3.05) is 46.2 Å². The van der Waals surface area contributed by atoms with E-state index in [0.29, 0.717) is 0 Å². The lowest BCUT2D eigenvalue weighted by Gasteiger charge is -2.49. The monoisotopic (exact) mass is 1150 g/mol. The zero-order valence-electron chi connectivity index (χ0n) is 40.8. The van der Waals surface area contributed by atoms with Gasteiger partial charge in [-0.05, 0) is 0 Å². The molecule has 36 nitrogen and oxygen atoms in total. The second-order valence-corrected chi connectivity index (χ2v) is 19.6. The van der Waals surface area contributed by atoms with Crippen molar-refractivity contribution in [1.29, 1.82) is 0 Å². The largest absolute Gasteiger partial charge is 0.394 e. The Morgan fingerprint density at radius 3 is 0.769 bits per heavy atom. The Hall–Kier alpha value is -1.44. The fourth-order valence-corrected chi connectivity index (χ4v) is 9.90. The molecule has 0 aromatic rings. The zero-order chi connectivity index (χ0) is 57.3. The Bertz CT molecular complexity index is 1810. The molecule has 36 heteroatoms. The molecule has 7 saturated heterocycles. The summed E-state index contributed by atoms with van der Waals surface area (Å²) >= 11 is 0. The average Bonchev–Trinajstić information content (AvgIpc) is 3.44. The van der Waals surface area contributed by atoms with E-state index in [2.05, 4.69) is 0 Å². The molecule has 0 aromatic heterocycles. The second kappa shape index (κ2) is 27.5. The van der Waals surface area contributed by atoms with Gasteiger partial charge in [0.15, 0.2) is 44.0 Å². The number of aliphatic hydroxyl groups excluding tert-OH is 23. The first kappa shape index (κ1) is 64.1. The Kier molecular flexibility index (Phi) is 22.6. The molecule has 0 radical (unpaired) electrons. The van der Waals surface area contributed by atoms with Gasteiger partial charge in [-0.1, -0.05) is 0 Å². The molecule has 35 atom stereocenters. The van der Waals surface area contributed by atoms with Crippen molar-refractivity contribution in [2.45, 2.75) is 215 Å². The lowest BCUT2D eigenvalue weighted by molar-refractivity contribution is -0.394. The molecule has 0 spiro atoms. The lowest BCUT2D eigenvalue weighted by atomic mass is 9.95. The van der Waals surface area contributed by atoms with Crippen LogP contribution in [0.25, 0.3) is 0 Å². The van der Waals surface area contributed by atoms with E-state index in [4.69, 9.17) is 61.6 Å². The van der Waals surface area contributed by atoms with Gasteiger partial charge in [0.25, 0.3) is 0 Å². The minimum absolute atomic E-state index is 0.855. The maximum Gasteiger partial charge on any atom is 0.187 e. The van der Waals surface area contributed by atoms with Crippen LogP contribution in [-0.4, -0.2) is 379 Å². The smallest absolute Gasteiger partial charge is 0.187 e. The number of ether oxygens (including phenoxy) is 13.